The third kappa shape index (κ3) is 9.29. The van der Waals surface area contributed by atoms with Crippen LogP contribution in [-0.4, -0.2) is 30.3 Å². The van der Waals surface area contributed by atoms with Gasteiger partial charge in [0, 0.05) is 16.8 Å². The number of fused-ring (bicyclic) bond motifs is 1. The van der Waals surface area contributed by atoms with Gasteiger partial charge in [-0.15, -0.1) is 0 Å². The molecule has 0 aliphatic rings. The van der Waals surface area contributed by atoms with E-state index in [1.807, 2.05) is 42.5 Å². The van der Waals surface area contributed by atoms with Gasteiger partial charge >= 0.3 is 6.09 Å². The van der Waals surface area contributed by atoms with Gasteiger partial charge in [-0.2, -0.15) is 0 Å². The molecule has 3 rings (SSSR count). The molecule has 0 spiro atoms. The number of primary amides is 1. The minimum absolute atomic E-state index is 0.107. The number of carbonyl (C=O) groups excluding carboxylic acids is 1. The Hall–Kier alpha value is -2.62. The largest absolute Gasteiger partial charge is 0.487 e. The topological polar surface area (TPSA) is 104 Å². The number of nitrogens with two attached hydrogens (primary N) is 1. The van der Waals surface area contributed by atoms with Crippen LogP contribution in [0, 0.1) is 0 Å². The van der Waals surface area contributed by atoms with Crippen molar-refractivity contribution in [3.8, 4) is 5.75 Å². The van der Waals surface area contributed by atoms with E-state index in [2.05, 4.69) is 65.6 Å². The van der Waals surface area contributed by atoms with Gasteiger partial charge in [0.1, 0.15) is 18.0 Å². The summed E-state index contributed by atoms with van der Waals surface area (Å²) in [5, 5.41) is 1.73. The molecule has 0 aliphatic heterocycles. The molecule has 0 radical (unpaired) electrons. The number of alkyl halides is 1. The average molecular weight is 606 g/mol. The van der Waals surface area contributed by atoms with Crippen molar-refractivity contribution in [1.82, 2.24) is 4.98 Å². The summed E-state index contributed by atoms with van der Waals surface area (Å²) in [6.45, 7) is 16.9. The number of carbonyl (C=O) groups is 1. The highest BCUT2D eigenvalue weighted by Crippen LogP contribution is 2.41. The molecule has 3 aromatic rings. The number of nitrogens with one attached hydrogen (secondary N) is 1. The number of H-pyrrole nitrogens is 1. The van der Waals surface area contributed by atoms with Gasteiger partial charge in [0.15, 0.2) is 8.32 Å². The van der Waals surface area contributed by atoms with Crippen molar-refractivity contribution in [2.45, 2.75) is 78.0 Å². The number of rotatable bonds is 7. The van der Waals surface area contributed by atoms with Crippen molar-refractivity contribution in [3.05, 3.63) is 76.1 Å². The Bertz CT molecular complexity index is 1260. The van der Waals surface area contributed by atoms with Gasteiger partial charge in [0.2, 0.25) is 5.56 Å². The molecule has 1 atom stereocenters. The van der Waals surface area contributed by atoms with E-state index in [0.29, 0.717) is 23.2 Å². The lowest BCUT2D eigenvalue weighted by atomic mass is 10.0. The highest BCUT2D eigenvalue weighted by atomic mass is 79.9. The van der Waals surface area contributed by atoms with Gasteiger partial charge in [-0.1, -0.05) is 73.1 Å². The van der Waals surface area contributed by atoms with Gasteiger partial charge in [0.05, 0.1) is 11.6 Å². The minimum atomic E-state index is -1.98. The van der Waals surface area contributed by atoms with Crippen LogP contribution in [-0.2, 0) is 15.8 Å². The van der Waals surface area contributed by atoms with E-state index in [9.17, 15) is 9.59 Å². The van der Waals surface area contributed by atoms with Crippen molar-refractivity contribution in [1.29, 1.82) is 0 Å². The van der Waals surface area contributed by atoms with Crippen molar-refractivity contribution in [3.63, 3.8) is 0 Å². The SMILES string of the molecule is CC(C)(C)OC(N)=O.CC(C)(C)[Si](C)(C)O[C@@H](CBr)c1ccc(OCc2ccccc2)c2[nH]c(=O)ccc12. The second kappa shape index (κ2) is 13.0. The number of amides is 1. The first-order chi connectivity index (χ1) is 17.5. The van der Waals surface area contributed by atoms with Gasteiger partial charge < -0.3 is 24.6 Å². The van der Waals surface area contributed by atoms with E-state index in [4.69, 9.17) is 14.9 Å². The first-order valence-corrected chi connectivity index (χ1v) is 16.6. The van der Waals surface area contributed by atoms with Crippen LogP contribution < -0.4 is 16.0 Å². The molecule has 1 aromatic heterocycles. The highest BCUT2D eigenvalue weighted by molar-refractivity contribution is 9.09. The first kappa shape index (κ1) is 31.6. The quantitative estimate of drug-likeness (QED) is 0.215. The van der Waals surface area contributed by atoms with E-state index < -0.39 is 20.0 Å². The molecule has 0 fully saturated rings. The lowest BCUT2D eigenvalue weighted by Crippen LogP contribution is -2.42. The maximum Gasteiger partial charge on any atom is 0.405 e. The number of pyridine rings is 1. The third-order valence-corrected chi connectivity index (χ3v) is 11.3. The standard InChI is InChI=1S/C24H30BrNO3Si.C5H11NO2/c1-24(2,3)30(4,5)29-21(15-25)18-11-13-20(23-19(18)12-14-22(27)26-23)28-16-17-9-7-6-8-10-17;1-5(2,3)8-4(6)7/h6-14,21H,15-16H2,1-5H3,(H,26,27);1-3H3,(H2,6,7)/t21-;/m0./s1. The summed E-state index contributed by atoms with van der Waals surface area (Å²) in [7, 11) is -1.98. The Labute approximate surface area is 235 Å². The van der Waals surface area contributed by atoms with Crippen LogP contribution in [0.1, 0.15) is 58.8 Å². The fraction of sp³-hybridized carbons (Fsp3) is 0.448. The molecule has 9 heteroatoms. The van der Waals surface area contributed by atoms with Crippen molar-refractivity contribution >= 4 is 41.2 Å². The number of ether oxygens (including phenoxy) is 2. The fourth-order valence-corrected chi connectivity index (χ4v) is 5.40. The number of hydrogen-bond donors (Lipinski definition) is 2. The smallest absolute Gasteiger partial charge is 0.405 e. The van der Waals surface area contributed by atoms with Crippen LogP contribution in [0.25, 0.3) is 10.9 Å². The summed E-state index contributed by atoms with van der Waals surface area (Å²) in [6.07, 6.45) is -0.833. The third-order valence-electron chi connectivity index (χ3n) is 6.26. The molecule has 0 aliphatic carbocycles. The van der Waals surface area contributed by atoms with Crippen LogP contribution in [0.5, 0.6) is 5.75 Å². The molecule has 3 N–H and O–H groups in total. The van der Waals surface area contributed by atoms with E-state index >= 15 is 0 Å². The maximum absolute atomic E-state index is 12.1. The number of halogens is 1. The molecule has 208 valence electrons. The number of aromatic amines is 1. The number of aromatic nitrogens is 1. The van der Waals surface area contributed by atoms with E-state index in [1.165, 1.54) is 0 Å². The molecule has 0 unspecified atom stereocenters. The Balaban J connectivity index is 0.000000550. The summed E-state index contributed by atoms with van der Waals surface area (Å²) in [5.74, 6) is 0.663. The van der Waals surface area contributed by atoms with Gasteiger partial charge in [0.25, 0.3) is 0 Å². The number of benzene rings is 2. The van der Waals surface area contributed by atoms with Crippen molar-refractivity contribution in [2.24, 2.45) is 5.73 Å². The first-order valence-electron chi connectivity index (χ1n) is 12.6. The highest BCUT2D eigenvalue weighted by Gasteiger charge is 2.39. The molecule has 0 saturated heterocycles. The van der Waals surface area contributed by atoms with Gasteiger partial charge in [-0.25, -0.2) is 4.79 Å². The Morgan fingerprint density at radius 2 is 1.63 bits per heavy atom. The van der Waals surface area contributed by atoms with Crippen LogP contribution in [0.2, 0.25) is 18.1 Å². The zero-order valence-electron chi connectivity index (χ0n) is 23.7. The Kier molecular flexibility index (Phi) is 10.8. The predicted octanol–water partition coefficient (Wildman–Crippen LogP) is 7.45. The van der Waals surface area contributed by atoms with Gasteiger partial charge in [-0.3, -0.25) is 4.79 Å². The normalized spacial score (nSPS) is 12.9. The second-order valence-corrected chi connectivity index (χ2v) is 17.0. The van der Waals surface area contributed by atoms with E-state index in [1.54, 1.807) is 26.8 Å². The molecule has 0 bridgehead atoms. The lowest BCUT2D eigenvalue weighted by molar-refractivity contribution is 0.0600. The van der Waals surface area contributed by atoms with Crippen LogP contribution in [0.3, 0.4) is 0 Å². The minimum Gasteiger partial charge on any atom is -0.487 e. The fourth-order valence-electron chi connectivity index (χ4n) is 3.40. The van der Waals surface area contributed by atoms with Crippen LogP contribution in [0.4, 0.5) is 4.79 Å². The summed E-state index contributed by atoms with van der Waals surface area (Å²) < 4.78 is 17.4. The molecular weight excluding hydrogens is 564 g/mol. The summed E-state index contributed by atoms with van der Waals surface area (Å²) >= 11 is 3.65. The zero-order chi connectivity index (χ0) is 28.7. The predicted molar refractivity (Wildman–Crippen MR) is 161 cm³/mol. The van der Waals surface area contributed by atoms with E-state index in [-0.39, 0.29) is 16.7 Å². The second-order valence-electron chi connectivity index (χ2n) is 11.6. The van der Waals surface area contributed by atoms with Crippen molar-refractivity contribution < 1.29 is 18.7 Å². The van der Waals surface area contributed by atoms with E-state index in [0.717, 1.165) is 16.5 Å². The Morgan fingerprint density at radius 3 is 2.13 bits per heavy atom. The molecule has 2 aromatic carbocycles. The van der Waals surface area contributed by atoms with Crippen LogP contribution >= 0.6 is 15.9 Å². The molecule has 7 nitrogen and oxygen atoms in total. The summed E-state index contributed by atoms with van der Waals surface area (Å²) in [5.41, 5.74) is 6.95. The molecule has 0 saturated carbocycles. The molecule has 38 heavy (non-hydrogen) atoms. The number of hydrogen-bond acceptors (Lipinski definition) is 5. The molecule has 1 amide bonds. The van der Waals surface area contributed by atoms with Gasteiger partial charge in [-0.05, 0) is 62.2 Å². The Morgan fingerprint density at radius 1 is 1.00 bits per heavy atom. The zero-order valence-corrected chi connectivity index (χ0v) is 26.3. The van der Waals surface area contributed by atoms with Crippen LogP contribution in [0.15, 0.2) is 59.4 Å². The average Bonchev–Trinajstić information content (AvgIpc) is 2.80. The monoisotopic (exact) mass is 604 g/mol. The summed E-state index contributed by atoms with van der Waals surface area (Å²) in [6, 6.07) is 17.4. The maximum atomic E-state index is 12.1. The molecular formula is C29H41BrN2O5Si. The van der Waals surface area contributed by atoms with Crippen molar-refractivity contribution in [2.75, 3.05) is 5.33 Å². The lowest BCUT2D eigenvalue weighted by Gasteiger charge is -2.39. The molecule has 1 heterocycles. The summed E-state index contributed by atoms with van der Waals surface area (Å²) in [4.78, 5) is 25.1.